The van der Waals surface area contributed by atoms with E-state index in [-0.39, 0.29) is 5.56 Å². The van der Waals surface area contributed by atoms with E-state index in [2.05, 4.69) is 4.98 Å². The first kappa shape index (κ1) is 19.6. The molecule has 5 nitrogen and oxygen atoms in total. The van der Waals surface area contributed by atoms with Gasteiger partial charge < -0.3 is 8.98 Å². The van der Waals surface area contributed by atoms with Crippen molar-refractivity contribution in [2.75, 3.05) is 0 Å². The number of aryl methyl sites for hydroxylation is 1. The third-order valence-electron chi connectivity index (χ3n) is 5.70. The van der Waals surface area contributed by atoms with Gasteiger partial charge in [0.05, 0.1) is 6.20 Å². The molecule has 0 spiro atoms. The van der Waals surface area contributed by atoms with Crippen molar-refractivity contribution in [2.45, 2.75) is 70.8 Å². The molecule has 4 rings (SSSR count). The Morgan fingerprint density at radius 2 is 2.00 bits per heavy atom. The third kappa shape index (κ3) is 4.66. The zero-order chi connectivity index (χ0) is 20.2. The Hall–Kier alpha value is -2.69. The normalized spacial score (nSPS) is 13.8. The minimum Gasteiger partial charge on any atom is -0.441 e. The number of ketones is 1. The van der Waals surface area contributed by atoms with Crippen LogP contribution in [0.15, 0.2) is 45.9 Å². The van der Waals surface area contributed by atoms with Gasteiger partial charge in [-0.15, -0.1) is 0 Å². The molecule has 1 aliphatic carbocycles. The van der Waals surface area contributed by atoms with Crippen LogP contribution >= 0.6 is 0 Å². The monoisotopic (exact) mass is 392 g/mol. The third-order valence-corrected chi connectivity index (χ3v) is 5.70. The summed E-state index contributed by atoms with van der Waals surface area (Å²) < 4.78 is 7.79. The molecule has 0 amide bonds. The van der Waals surface area contributed by atoms with Crippen molar-refractivity contribution < 1.29 is 9.21 Å². The quantitative estimate of drug-likeness (QED) is 0.430. The van der Waals surface area contributed by atoms with Crippen LogP contribution in [0.2, 0.25) is 0 Å². The number of unbranched alkanes of at least 4 members (excludes halogenated alkanes) is 3. The number of fused-ring (bicyclic) bond motifs is 1. The second-order valence-corrected chi connectivity index (χ2v) is 7.99. The Morgan fingerprint density at radius 1 is 1.17 bits per heavy atom. The predicted molar refractivity (Wildman–Crippen MR) is 114 cm³/mol. The molecule has 0 saturated heterocycles. The number of rotatable bonds is 10. The van der Waals surface area contributed by atoms with E-state index in [1.165, 1.54) is 0 Å². The molecule has 29 heavy (non-hydrogen) atoms. The summed E-state index contributed by atoms with van der Waals surface area (Å²) in [5.74, 6) is 1.83. The summed E-state index contributed by atoms with van der Waals surface area (Å²) in [6, 6.07) is 8.24. The first-order valence-corrected chi connectivity index (χ1v) is 10.8. The van der Waals surface area contributed by atoms with Crippen molar-refractivity contribution in [3.8, 4) is 11.3 Å². The number of aromatic nitrogens is 2. The largest absolute Gasteiger partial charge is 0.441 e. The van der Waals surface area contributed by atoms with E-state index in [1.807, 2.05) is 42.0 Å². The SMILES string of the molecule is CCC(=O)CCCCCCc1ncc(-c2ccc3c(=O)n(C4CC4)ccc3c2)o1. The average Bonchev–Trinajstić information content (AvgIpc) is 3.47. The van der Waals surface area contributed by atoms with Crippen LogP contribution in [0.25, 0.3) is 22.1 Å². The highest BCUT2D eigenvalue weighted by molar-refractivity contribution is 5.85. The smallest absolute Gasteiger partial charge is 0.258 e. The topological polar surface area (TPSA) is 65.1 Å². The highest BCUT2D eigenvalue weighted by Crippen LogP contribution is 2.34. The summed E-state index contributed by atoms with van der Waals surface area (Å²) in [4.78, 5) is 28.3. The average molecular weight is 392 g/mol. The zero-order valence-electron chi connectivity index (χ0n) is 17.0. The molecule has 0 radical (unpaired) electrons. The van der Waals surface area contributed by atoms with Crippen molar-refractivity contribution in [1.29, 1.82) is 0 Å². The summed E-state index contributed by atoms with van der Waals surface area (Å²) in [5, 5.41) is 1.69. The lowest BCUT2D eigenvalue weighted by atomic mass is 10.1. The van der Waals surface area contributed by atoms with E-state index in [4.69, 9.17) is 4.42 Å². The Morgan fingerprint density at radius 3 is 2.79 bits per heavy atom. The molecule has 2 aromatic heterocycles. The first-order chi connectivity index (χ1) is 14.2. The van der Waals surface area contributed by atoms with E-state index in [0.29, 0.717) is 24.7 Å². The number of oxazole rings is 1. The maximum absolute atomic E-state index is 12.6. The lowest BCUT2D eigenvalue weighted by Crippen LogP contribution is -2.18. The molecule has 0 atom stereocenters. The van der Waals surface area contributed by atoms with E-state index in [1.54, 1.807) is 6.20 Å². The molecule has 2 heterocycles. The predicted octanol–water partition coefficient (Wildman–Crippen LogP) is 5.46. The van der Waals surface area contributed by atoms with Gasteiger partial charge in [0.1, 0.15) is 5.78 Å². The molecule has 0 aliphatic heterocycles. The molecule has 1 saturated carbocycles. The molecule has 0 unspecified atom stereocenters. The standard InChI is InChI=1S/C24H28N2O3/c1-2-20(27)7-5-3-4-6-8-23-25-16-22(29-23)18-9-12-21-17(15-18)13-14-26(24(21)28)19-10-11-19/h9,12-16,19H,2-8,10-11H2,1H3. The van der Waals surface area contributed by atoms with Gasteiger partial charge in [0.25, 0.3) is 5.56 Å². The molecule has 1 aromatic carbocycles. The number of nitrogens with zero attached hydrogens (tertiary/aromatic N) is 2. The van der Waals surface area contributed by atoms with Gasteiger partial charge in [-0.05, 0) is 49.3 Å². The molecule has 3 aromatic rings. The van der Waals surface area contributed by atoms with Gasteiger partial charge >= 0.3 is 0 Å². The number of Topliss-reactive ketones (excluding diaryl/α,β-unsaturated/α-hetero) is 1. The van der Waals surface area contributed by atoms with Gasteiger partial charge in [-0.25, -0.2) is 4.98 Å². The second kappa shape index (κ2) is 8.76. The second-order valence-electron chi connectivity index (χ2n) is 7.99. The number of hydrogen-bond donors (Lipinski definition) is 0. The maximum atomic E-state index is 12.6. The Kier molecular flexibility index (Phi) is 5.93. The molecule has 0 N–H and O–H groups in total. The van der Waals surface area contributed by atoms with Crippen LogP contribution in [0.1, 0.15) is 70.2 Å². The van der Waals surface area contributed by atoms with Gasteiger partial charge in [-0.3, -0.25) is 9.59 Å². The van der Waals surface area contributed by atoms with Crippen molar-refractivity contribution in [1.82, 2.24) is 9.55 Å². The van der Waals surface area contributed by atoms with Crippen LogP contribution in [0.4, 0.5) is 0 Å². The highest BCUT2D eigenvalue weighted by atomic mass is 16.4. The lowest BCUT2D eigenvalue weighted by molar-refractivity contribution is -0.118. The number of pyridine rings is 1. The van der Waals surface area contributed by atoms with Crippen LogP contribution in [0.5, 0.6) is 0 Å². The fourth-order valence-corrected chi connectivity index (χ4v) is 3.74. The number of hydrogen-bond acceptors (Lipinski definition) is 4. The highest BCUT2D eigenvalue weighted by Gasteiger charge is 2.24. The van der Waals surface area contributed by atoms with Gasteiger partial charge in [-0.2, -0.15) is 0 Å². The molecule has 0 bridgehead atoms. The minimum atomic E-state index is 0.0930. The number of benzene rings is 1. The van der Waals surface area contributed by atoms with Crippen LogP contribution in [0.3, 0.4) is 0 Å². The van der Waals surface area contributed by atoms with Gasteiger partial charge in [0.15, 0.2) is 11.7 Å². The van der Waals surface area contributed by atoms with E-state index in [0.717, 1.165) is 72.9 Å². The Bertz CT molecular complexity index is 1060. The molecule has 5 heteroatoms. The Labute approximate surface area is 170 Å². The lowest BCUT2D eigenvalue weighted by Gasteiger charge is -2.06. The van der Waals surface area contributed by atoms with Crippen LogP contribution < -0.4 is 5.56 Å². The number of carbonyl (C=O) groups excluding carboxylic acids is 1. The van der Waals surface area contributed by atoms with E-state index in [9.17, 15) is 9.59 Å². The van der Waals surface area contributed by atoms with E-state index < -0.39 is 0 Å². The van der Waals surface area contributed by atoms with Gasteiger partial charge in [0.2, 0.25) is 0 Å². The molecular weight excluding hydrogens is 364 g/mol. The minimum absolute atomic E-state index is 0.0930. The Balaban J connectivity index is 1.36. The maximum Gasteiger partial charge on any atom is 0.258 e. The first-order valence-electron chi connectivity index (χ1n) is 10.8. The summed E-state index contributed by atoms with van der Waals surface area (Å²) in [6.07, 6.45) is 12.2. The van der Waals surface area contributed by atoms with Crippen molar-refractivity contribution >= 4 is 16.6 Å². The zero-order valence-corrected chi connectivity index (χ0v) is 17.0. The van der Waals surface area contributed by atoms with E-state index >= 15 is 0 Å². The van der Waals surface area contributed by atoms with Crippen LogP contribution in [0, 0.1) is 0 Å². The summed E-state index contributed by atoms with van der Waals surface area (Å²) >= 11 is 0. The number of carbonyl (C=O) groups is 1. The van der Waals surface area contributed by atoms with Crippen LogP contribution in [-0.4, -0.2) is 15.3 Å². The van der Waals surface area contributed by atoms with Crippen LogP contribution in [-0.2, 0) is 11.2 Å². The van der Waals surface area contributed by atoms with Gasteiger partial charge in [0, 0.05) is 42.5 Å². The molecule has 1 aliphatic rings. The summed E-state index contributed by atoms with van der Waals surface area (Å²) in [7, 11) is 0. The molecule has 1 fully saturated rings. The molecular formula is C24H28N2O3. The van der Waals surface area contributed by atoms with Crippen molar-refractivity contribution in [2.24, 2.45) is 0 Å². The fraction of sp³-hybridized carbons (Fsp3) is 0.458. The van der Waals surface area contributed by atoms with Crippen molar-refractivity contribution in [3.05, 3.63) is 52.9 Å². The van der Waals surface area contributed by atoms with Crippen molar-refractivity contribution in [3.63, 3.8) is 0 Å². The van der Waals surface area contributed by atoms with Gasteiger partial charge in [-0.1, -0.05) is 25.8 Å². The molecule has 152 valence electrons. The summed E-state index contributed by atoms with van der Waals surface area (Å²) in [5.41, 5.74) is 1.04. The summed E-state index contributed by atoms with van der Waals surface area (Å²) in [6.45, 7) is 1.92. The fourth-order valence-electron chi connectivity index (χ4n) is 3.74.